The lowest BCUT2D eigenvalue weighted by Crippen LogP contribution is -2.40. The minimum absolute atomic E-state index is 0.418. The van der Waals surface area contributed by atoms with E-state index in [0.29, 0.717) is 12.0 Å². The number of rotatable bonds is 4. The van der Waals surface area contributed by atoms with Crippen LogP contribution in [0.2, 0.25) is 0 Å². The van der Waals surface area contributed by atoms with Crippen molar-refractivity contribution in [1.82, 2.24) is 5.32 Å². The molecule has 0 spiro atoms. The molecule has 2 aliphatic heterocycles. The van der Waals surface area contributed by atoms with Crippen molar-refractivity contribution in [2.75, 3.05) is 26.4 Å². The molecule has 2 heterocycles. The standard InChI is InChI=1S/C12H21NO2/c1-2-13-12(11-4-3-7-15-11)10-5-8-14-9-6-10/h4,10,12-13H,2-3,5-9H2,1H3. The highest BCUT2D eigenvalue weighted by molar-refractivity contribution is 5.09. The summed E-state index contributed by atoms with van der Waals surface area (Å²) >= 11 is 0. The quantitative estimate of drug-likeness (QED) is 0.767. The summed E-state index contributed by atoms with van der Waals surface area (Å²) < 4.78 is 11.1. The third-order valence-corrected chi connectivity index (χ3v) is 3.20. The average molecular weight is 211 g/mol. The molecule has 0 bridgehead atoms. The van der Waals surface area contributed by atoms with Crippen molar-refractivity contribution in [3.8, 4) is 0 Å². The van der Waals surface area contributed by atoms with Crippen molar-refractivity contribution in [2.45, 2.75) is 32.2 Å². The second-order valence-corrected chi connectivity index (χ2v) is 4.23. The van der Waals surface area contributed by atoms with E-state index >= 15 is 0 Å². The van der Waals surface area contributed by atoms with Gasteiger partial charge in [-0.2, -0.15) is 0 Å². The van der Waals surface area contributed by atoms with Gasteiger partial charge in [-0.3, -0.25) is 0 Å². The van der Waals surface area contributed by atoms with Crippen molar-refractivity contribution in [2.24, 2.45) is 5.92 Å². The summed E-state index contributed by atoms with van der Waals surface area (Å²) in [5.74, 6) is 1.85. The number of likely N-dealkylation sites (N-methyl/N-ethyl adjacent to an activating group) is 1. The molecule has 1 saturated heterocycles. The smallest absolute Gasteiger partial charge is 0.109 e. The maximum absolute atomic E-state index is 5.68. The van der Waals surface area contributed by atoms with Crippen LogP contribution in [0, 0.1) is 5.92 Å². The molecule has 2 aliphatic rings. The lowest BCUT2D eigenvalue weighted by molar-refractivity contribution is 0.0501. The Bertz CT molecular complexity index is 222. The van der Waals surface area contributed by atoms with E-state index in [-0.39, 0.29) is 0 Å². The molecule has 3 nitrogen and oxygen atoms in total. The van der Waals surface area contributed by atoms with Crippen molar-refractivity contribution < 1.29 is 9.47 Å². The molecule has 1 atom stereocenters. The molecule has 15 heavy (non-hydrogen) atoms. The molecule has 0 aromatic heterocycles. The fourth-order valence-corrected chi connectivity index (χ4v) is 2.42. The zero-order valence-corrected chi connectivity index (χ0v) is 9.50. The Kier molecular flexibility index (Phi) is 4.03. The molecule has 1 N–H and O–H groups in total. The molecule has 0 aromatic carbocycles. The summed E-state index contributed by atoms with van der Waals surface area (Å²) in [4.78, 5) is 0. The number of hydrogen-bond acceptors (Lipinski definition) is 3. The highest BCUT2D eigenvalue weighted by atomic mass is 16.5. The van der Waals surface area contributed by atoms with E-state index in [9.17, 15) is 0 Å². The molecule has 0 amide bonds. The Balaban J connectivity index is 1.97. The van der Waals surface area contributed by atoms with Gasteiger partial charge in [0.2, 0.25) is 0 Å². The van der Waals surface area contributed by atoms with Crippen molar-refractivity contribution >= 4 is 0 Å². The minimum Gasteiger partial charge on any atom is -0.496 e. The van der Waals surface area contributed by atoms with E-state index in [1.165, 1.54) is 5.76 Å². The first-order valence-electron chi connectivity index (χ1n) is 6.05. The molecule has 0 saturated carbocycles. The molecule has 0 radical (unpaired) electrons. The average Bonchev–Trinajstić information content (AvgIpc) is 2.80. The van der Waals surface area contributed by atoms with Crippen LogP contribution < -0.4 is 5.32 Å². The van der Waals surface area contributed by atoms with Crippen LogP contribution in [0.25, 0.3) is 0 Å². The SMILES string of the molecule is CCNC(C1=CCCO1)C1CCOCC1. The third kappa shape index (κ3) is 2.73. The lowest BCUT2D eigenvalue weighted by Gasteiger charge is -2.31. The van der Waals surface area contributed by atoms with Crippen molar-refractivity contribution in [3.05, 3.63) is 11.8 Å². The van der Waals surface area contributed by atoms with Crippen LogP contribution in [-0.4, -0.2) is 32.4 Å². The van der Waals surface area contributed by atoms with E-state index in [2.05, 4.69) is 18.3 Å². The van der Waals surface area contributed by atoms with Gasteiger partial charge in [0.1, 0.15) is 5.76 Å². The molecular weight excluding hydrogens is 190 g/mol. The predicted octanol–water partition coefficient (Wildman–Crippen LogP) is 1.70. The Labute approximate surface area is 91.8 Å². The van der Waals surface area contributed by atoms with Gasteiger partial charge < -0.3 is 14.8 Å². The molecular formula is C12H21NO2. The zero-order chi connectivity index (χ0) is 10.5. The minimum atomic E-state index is 0.418. The monoisotopic (exact) mass is 211 g/mol. The maximum atomic E-state index is 5.68. The summed E-state index contributed by atoms with van der Waals surface area (Å²) in [6.45, 7) is 5.82. The molecule has 2 rings (SSSR count). The van der Waals surface area contributed by atoms with E-state index in [1.807, 2.05) is 0 Å². The summed E-state index contributed by atoms with van der Waals surface area (Å²) in [6, 6.07) is 0.418. The number of nitrogens with one attached hydrogen (secondary N) is 1. The van der Waals surface area contributed by atoms with Gasteiger partial charge in [-0.25, -0.2) is 0 Å². The first-order valence-corrected chi connectivity index (χ1v) is 6.05. The van der Waals surface area contributed by atoms with Gasteiger partial charge in [0, 0.05) is 19.6 Å². The zero-order valence-electron chi connectivity index (χ0n) is 9.50. The molecule has 1 unspecified atom stereocenters. The van der Waals surface area contributed by atoms with Crippen LogP contribution in [0.15, 0.2) is 11.8 Å². The molecule has 0 aromatic rings. The van der Waals surface area contributed by atoms with Crippen LogP contribution in [0.4, 0.5) is 0 Å². The summed E-state index contributed by atoms with van der Waals surface area (Å²) in [5.41, 5.74) is 0. The van der Waals surface area contributed by atoms with Crippen LogP contribution in [0.3, 0.4) is 0 Å². The van der Waals surface area contributed by atoms with Crippen LogP contribution in [0.1, 0.15) is 26.2 Å². The fourth-order valence-electron chi connectivity index (χ4n) is 2.42. The Hall–Kier alpha value is -0.540. The largest absolute Gasteiger partial charge is 0.496 e. The van der Waals surface area contributed by atoms with Crippen molar-refractivity contribution in [3.63, 3.8) is 0 Å². The summed E-state index contributed by atoms with van der Waals surface area (Å²) in [6.07, 6.45) is 5.61. The first-order chi connectivity index (χ1) is 7.42. The van der Waals surface area contributed by atoms with Gasteiger partial charge in [-0.1, -0.05) is 6.92 Å². The van der Waals surface area contributed by atoms with Gasteiger partial charge in [0.25, 0.3) is 0 Å². The van der Waals surface area contributed by atoms with Gasteiger partial charge in [0.05, 0.1) is 12.6 Å². The predicted molar refractivity (Wildman–Crippen MR) is 59.7 cm³/mol. The molecule has 3 heteroatoms. The van der Waals surface area contributed by atoms with E-state index in [0.717, 1.165) is 45.6 Å². The second kappa shape index (κ2) is 5.52. The van der Waals surface area contributed by atoms with Gasteiger partial charge in [-0.05, 0) is 31.4 Å². The third-order valence-electron chi connectivity index (χ3n) is 3.20. The maximum Gasteiger partial charge on any atom is 0.109 e. The Morgan fingerprint density at radius 2 is 2.20 bits per heavy atom. The van der Waals surface area contributed by atoms with Crippen molar-refractivity contribution in [1.29, 1.82) is 0 Å². The van der Waals surface area contributed by atoms with Gasteiger partial charge in [0.15, 0.2) is 0 Å². The van der Waals surface area contributed by atoms with Gasteiger partial charge in [-0.15, -0.1) is 0 Å². The summed E-state index contributed by atoms with van der Waals surface area (Å²) in [5, 5.41) is 3.55. The second-order valence-electron chi connectivity index (χ2n) is 4.23. The normalized spacial score (nSPS) is 24.7. The number of ether oxygens (including phenoxy) is 2. The Morgan fingerprint density at radius 1 is 1.40 bits per heavy atom. The van der Waals surface area contributed by atoms with E-state index < -0.39 is 0 Å². The van der Waals surface area contributed by atoms with Crippen LogP contribution >= 0.6 is 0 Å². The summed E-state index contributed by atoms with van der Waals surface area (Å²) in [7, 11) is 0. The first kappa shape index (κ1) is 11.0. The number of hydrogen-bond donors (Lipinski definition) is 1. The highest BCUT2D eigenvalue weighted by Crippen LogP contribution is 2.26. The fraction of sp³-hybridized carbons (Fsp3) is 0.833. The molecule has 1 fully saturated rings. The van der Waals surface area contributed by atoms with Gasteiger partial charge >= 0.3 is 0 Å². The van der Waals surface area contributed by atoms with Crippen LogP contribution in [0.5, 0.6) is 0 Å². The molecule has 0 aliphatic carbocycles. The lowest BCUT2D eigenvalue weighted by atomic mass is 9.90. The van der Waals surface area contributed by atoms with Crippen LogP contribution in [-0.2, 0) is 9.47 Å². The topological polar surface area (TPSA) is 30.5 Å². The molecule has 86 valence electrons. The Morgan fingerprint density at radius 3 is 2.80 bits per heavy atom. The highest BCUT2D eigenvalue weighted by Gasteiger charge is 2.28. The van der Waals surface area contributed by atoms with E-state index in [4.69, 9.17) is 9.47 Å². The van der Waals surface area contributed by atoms with E-state index in [1.54, 1.807) is 0 Å².